The zero-order valence-electron chi connectivity index (χ0n) is 18.7. The molecule has 0 aliphatic rings. The highest BCUT2D eigenvalue weighted by Gasteiger charge is 2.17. The molecule has 1 N–H and O–H groups in total. The number of carbonyl (C=O) groups is 1. The number of nitrogens with zero attached hydrogens (tertiary/aromatic N) is 5. The molecule has 1 amide bonds. The molecule has 0 spiro atoms. The van der Waals surface area contributed by atoms with Crippen molar-refractivity contribution in [2.75, 3.05) is 5.75 Å². The fourth-order valence-corrected chi connectivity index (χ4v) is 4.19. The molecule has 0 fully saturated rings. The second-order valence-corrected chi connectivity index (χ2v) is 9.62. The van der Waals surface area contributed by atoms with Crippen LogP contribution < -0.4 is 5.43 Å². The van der Waals surface area contributed by atoms with Crippen LogP contribution >= 0.6 is 27.7 Å². The highest BCUT2D eigenvalue weighted by Crippen LogP contribution is 2.28. The Balaban J connectivity index is 1.45. The fraction of sp³-hybridized carbons (Fsp3) is 0.160. The van der Waals surface area contributed by atoms with Crippen LogP contribution in [0.4, 0.5) is 0 Å². The number of rotatable bonds is 8. The first-order valence-electron chi connectivity index (χ1n) is 10.7. The van der Waals surface area contributed by atoms with Crippen molar-refractivity contribution >= 4 is 39.8 Å². The van der Waals surface area contributed by atoms with Crippen LogP contribution in [0.2, 0.25) is 0 Å². The number of thioether (sulfide) groups is 1. The quantitative estimate of drug-likeness (QED) is 0.184. The molecule has 34 heavy (non-hydrogen) atoms. The minimum absolute atomic E-state index is 0.147. The Morgan fingerprint density at radius 1 is 1.06 bits per heavy atom. The van der Waals surface area contributed by atoms with Crippen molar-refractivity contribution in [2.45, 2.75) is 24.9 Å². The Morgan fingerprint density at radius 2 is 1.76 bits per heavy atom. The molecule has 0 unspecified atom stereocenters. The Labute approximate surface area is 210 Å². The Hall–Kier alpha value is -3.30. The van der Waals surface area contributed by atoms with Gasteiger partial charge in [-0.1, -0.05) is 65.8 Å². The van der Waals surface area contributed by atoms with Crippen molar-refractivity contribution in [3.63, 3.8) is 0 Å². The van der Waals surface area contributed by atoms with E-state index in [0.717, 1.165) is 21.3 Å². The molecule has 2 aromatic heterocycles. The molecule has 0 saturated heterocycles. The van der Waals surface area contributed by atoms with Crippen molar-refractivity contribution in [3.8, 4) is 17.1 Å². The zero-order chi connectivity index (χ0) is 23.9. The van der Waals surface area contributed by atoms with E-state index in [-0.39, 0.29) is 11.7 Å². The third-order valence-electron chi connectivity index (χ3n) is 5.00. The average Bonchev–Trinajstić information content (AvgIpc) is 3.28. The van der Waals surface area contributed by atoms with Gasteiger partial charge in [-0.2, -0.15) is 5.10 Å². The molecule has 172 valence electrons. The molecule has 4 rings (SSSR count). The Bertz CT molecular complexity index is 1270. The molecule has 2 aromatic carbocycles. The Morgan fingerprint density at radius 3 is 2.44 bits per heavy atom. The number of hydrogen-bond donors (Lipinski definition) is 1. The molecule has 9 heteroatoms. The van der Waals surface area contributed by atoms with Crippen molar-refractivity contribution in [3.05, 3.63) is 88.7 Å². The van der Waals surface area contributed by atoms with Gasteiger partial charge in [0, 0.05) is 28.1 Å². The summed E-state index contributed by atoms with van der Waals surface area (Å²) in [7, 11) is 0. The summed E-state index contributed by atoms with van der Waals surface area (Å²) in [4.78, 5) is 16.5. The van der Waals surface area contributed by atoms with Crippen molar-refractivity contribution in [1.82, 2.24) is 25.2 Å². The van der Waals surface area contributed by atoms with Gasteiger partial charge in [0.25, 0.3) is 5.91 Å². The van der Waals surface area contributed by atoms with Crippen molar-refractivity contribution < 1.29 is 4.79 Å². The van der Waals surface area contributed by atoms with Crippen LogP contribution in [0, 0.1) is 0 Å². The lowest BCUT2D eigenvalue weighted by Gasteiger charge is -2.10. The largest absolute Gasteiger partial charge is 0.272 e. The van der Waals surface area contributed by atoms with E-state index in [1.165, 1.54) is 17.3 Å². The molecule has 0 radical (unpaired) electrons. The SMILES string of the molecule is CC(C)c1ccc(/C=N\NC(=O)CSc2nnc(-c3ccncc3)n2-c2ccc(Br)cc2)cc1. The lowest BCUT2D eigenvalue weighted by atomic mass is 10.0. The van der Waals surface area contributed by atoms with Gasteiger partial charge in [0.05, 0.1) is 12.0 Å². The molecular formula is C25H23BrN6OS. The van der Waals surface area contributed by atoms with Gasteiger partial charge in [-0.25, -0.2) is 5.43 Å². The maximum absolute atomic E-state index is 12.4. The minimum atomic E-state index is -0.226. The number of pyridine rings is 1. The number of hydrogen-bond acceptors (Lipinski definition) is 6. The number of aromatic nitrogens is 4. The van der Waals surface area contributed by atoms with E-state index in [9.17, 15) is 4.79 Å². The molecule has 0 bridgehead atoms. The molecule has 4 aromatic rings. The van der Waals surface area contributed by atoms with Crippen molar-refractivity contribution in [1.29, 1.82) is 0 Å². The first-order valence-corrected chi connectivity index (χ1v) is 12.5. The first-order chi connectivity index (χ1) is 16.5. The summed E-state index contributed by atoms with van der Waals surface area (Å²) in [6.07, 6.45) is 5.06. The van der Waals surface area contributed by atoms with E-state index in [1.54, 1.807) is 18.6 Å². The summed E-state index contributed by atoms with van der Waals surface area (Å²) in [5, 5.41) is 13.4. The van der Waals surface area contributed by atoms with Crippen LogP contribution in [0.15, 0.2) is 87.8 Å². The topological polar surface area (TPSA) is 85.1 Å². The predicted octanol–water partition coefficient (Wildman–Crippen LogP) is 5.46. The second-order valence-electron chi connectivity index (χ2n) is 7.76. The van der Waals surface area contributed by atoms with E-state index >= 15 is 0 Å². The van der Waals surface area contributed by atoms with Gasteiger partial charge in [-0.15, -0.1) is 10.2 Å². The van der Waals surface area contributed by atoms with Gasteiger partial charge in [0.15, 0.2) is 11.0 Å². The summed E-state index contributed by atoms with van der Waals surface area (Å²) in [6.45, 7) is 4.30. The summed E-state index contributed by atoms with van der Waals surface area (Å²) < 4.78 is 2.90. The van der Waals surface area contributed by atoms with Crippen LogP contribution in [0.3, 0.4) is 0 Å². The van der Waals surface area contributed by atoms with Gasteiger partial charge in [0.2, 0.25) is 0 Å². The van der Waals surface area contributed by atoms with E-state index in [0.29, 0.717) is 16.9 Å². The lowest BCUT2D eigenvalue weighted by molar-refractivity contribution is -0.118. The minimum Gasteiger partial charge on any atom is -0.272 e. The van der Waals surface area contributed by atoms with Gasteiger partial charge < -0.3 is 0 Å². The van der Waals surface area contributed by atoms with Gasteiger partial charge in [-0.05, 0) is 53.4 Å². The molecular weight excluding hydrogens is 512 g/mol. The molecule has 2 heterocycles. The van der Waals surface area contributed by atoms with Crippen LogP contribution in [0.5, 0.6) is 0 Å². The highest BCUT2D eigenvalue weighted by molar-refractivity contribution is 9.10. The predicted molar refractivity (Wildman–Crippen MR) is 139 cm³/mol. The van der Waals surface area contributed by atoms with Crippen LogP contribution in [0.25, 0.3) is 17.1 Å². The molecule has 0 aliphatic heterocycles. The first kappa shape index (κ1) is 23.8. The van der Waals surface area contributed by atoms with E-state index in [1.807, 2.05) is 53.1 Å². The molecule has 7 nitrogen and oxygen atoms in total. The van der Waals surface area contributed by atoms with Gasteiger partial charge in [-0.3, -0.25) is 14.3 Å². The number of carbonyl (C=O) groups excluding carboxylic acids is 1. The van der Waals surface area contributed by atoms with E-state index < -0.39 is 0 Å². The third-order valence-corrected chi connectivity index (χ3v) is 6.45. The van der Waals surface area contributed by atoms with Gasteiger partial charge >= 0.3 is 0 Å². The maximum Gasteiger partial charge on any atom is 0.250 e. The number of nitrogens with one attached hydrogen (secondary N) is 1. The number of amides is 1. The summed E-state index contributed by atoms with van der Waals surface area (Å²) in [5.41, 5.74) is 6.55. The van der Waals surface area contributed by atoms with E-state index in [2.05, 4.69) is 67.6 Å². The maximum atomic E-state index is 12.4. The smallest absolute Gasteiger partial charge is 0.250 e. The van der Waals surface area contributed by atoms with Gasteiger partial charge in [0.1, 0.15) is 0 Å². The number of hydrazone groups is 1. The summed E-state index contributed by atoms with van der Waals surface area (Å²) >= 11 is 4.77. The van der Waals surface area contributed by atoms with E-state index in [4.69, 9.17) is 0 Å². The number of benzene rings is 2. The summed E-state index contributed by atoms with van der Waals surface area (Å²) in [6, 6.07) is 19.7. The van der Waals surface area contributed by atoms with Crippen molar-refractivity contribution in [2.24, 2.45) is 5.10 Å². The Kier molecular flexibility index (Phi) is 7.87. The lowest BCUT2D eigenvalue weighted by Crippen LogP contribution is -2.20. The number of halogens is 1. The monoisotopic (exact) mass is 534 g/mol. The normalized spacial score (nSPS) is 11.3. The molecule has 0 aliphatic carbocycles. The third kappa shape index (κ3) is 5.98. The fourth-order valence-electron chi connectivity index (χ4n) is 3.18. The second kappa shape index (κ2) is 11.2. The summed E-state index contributed by atoms with van der Waals surface area (Å²) in [5.74, 6) is 1.07. The van der Waals surface area contributed by atoms with Crippen LogP contribution in [-0.2, 0) is 4.79 Å². The van der Waals surface area contributed by atoms with Crippen LogP contribution in [-0.4, -0.2) is 37.6 Å². The molecule has 0 atom stereocenters. The average molecular weight is 535 g/mol. The van der Waals surface area contributed by atoms with Crippen LogP contribution in [0.1, 0.15) is 30.9 Å². The zero-order valence-corrected chi connectivity index (χ0v) is 21.1. The highest BCUT2D eigenvalue weighted by atomic mass is 79.9. The standard InChI is InChI=1S/C25H23BrN6OS/c1-17(2)19-5-3-18(4-6-19)15-28-29-23(33)16-34-25-31-30-24(20-11-13-27-14-12-20)32(25)22-9-7-21(26)8-10-22/h3-15,17H,16H2,1-2H3,(H,29,33)/b28-15-. The molecule has 0 saturated carbocycles.